The van der Waals surface area contributed by atoms with E-state index in [1.165, 1.54) is 12.1 Å². The summed E-state index contributed by atoms with van der Waals surface area (Å²) in [6, 6.07) is 11.4. The highest BCUT2D eigenvalue weighted by molar-refractivity contribution is 6.39. The number of nitrogens with one attached hydrogen (secondary N) is 1. The van der Waals surface area contributed by atoms with Gasteiger partial charge in [-0.2, -0.15) is 0 Å². The van der Waals surface area contributed by atoms with Crippen LogP contribution in [0.25, 0.3) is 11.3 Å². The fraction of sp³-hybridized carbons (Fsp3) is 0.407. The maximum Gasteiger partial charge on any atom is 0.322 e. The molecule has 2 bridgehead atoms. The lowest BCUT2D eigenvalue weighted by Gasteiger charge is -2.38. The molecular weight excluding hydrogens is 504 g/mol. The van der Waals surface area contributed by atoms with Crippen LogP contribution in [-0.2, 0) is 11.3 Å². The number of fused-ring (bicyclic) bond motifs is 2. The largest absolute Gasteiger partial charge is 0.373 e. The summed E-state index contributed by atoms with van der Waals surface area (Å²) in [4.78, 5) is 14.9. The summed E-state index contributed by atoms with van der Waals surface area (Å²) >= 11 is 13.0. The third-order valence-corrected chi connectivity index (χ3v) is 8.06. The van der Waals surface area contributed by atoms with E-state index in [9.17, 15) is 9.18 Å². The predicted octanol–water partition coefficient (Wildman–Crippen LogP) is 7.41. The van der Waals surface area contributed by atoms with Crippen molar-refractivity contribution in [2.75, 3.05) is 5.32 Å². The number of benzene rings is 2. The Hall–Kier alpha value is -2.61. The molecule has 3 aliphatic rings. The van der Waals surface area contributed by atoms with Gasteiger partial charge in [0.05, 0.1) is 22.8 Å². The Morgan fingerprint density at radius 1 is 1.08 bits per heavy atom. The molecule has 3 aromatic rings. The molecule has 6 rings (SSSR count). The molecule has 2 amide bonds. The Labute approximate surface area is 218 Å². The van der Waals surface area contributed by atoms with Gasteiger partial charge in [-0.05, 0) is 68.9 Å². The topological polar surface area (TPSA) is 67.6 Å². The SMILES string of the molecule is O=C(Nc1cccc(F)c1)N1C2CCC1CC(OCc1c(-c3c(Cl)cccc3Cl)noc1C1CC1)C2. The zero-order valence-electron chi connectivity index (χ0n) is 19.6. The van der Waals surface area contributed by atoms with Gasteiger partial charge < -0.3 is 19.5 Å². The van der Waals surface area contributed by atoms with E-state index in [0.29, 0.717) is 39.5 Å². The lowest BCUT2D eigenvalue weighted by molar-refractivity contribution is -0.0158. The minimum Gasteiger partial charge on any atom is -0.373 e. The van der Waals surface area contributed by atoms with E-state index in [0.717, 1.165) is 49.8 Å². The highest BCUT2D eigenvalue weighted by Gasteiger charge is 2.44. The zero-order chi connectivity index (χ0) is 24.8. The maximum atomic E-state index is 13.5. The molecule has 3 heterocycles. The summed E-state index contributed by atoms with van der Waals surface area (Å²) in [5.74, 6) is 0.839. The van der Waals surface area contributed by atoms with Crippen molar-refractivity contribution in [1.29, 1.82) is 0 Å². The number of carbonyl (C=O) groups excluding carboxylic acids is 1. The Bertz CT molecular complexity index is 1260. The van der Waals surface area contributed by atoms with E-state index in [1.54, 1.807) is 30.3 Å². The van der Waals surface area contributed by atoms with Crippen LogP contribution in [0.4, 0.5) is 14.9 Å². The van der Waals surface area contributed by atoms with Crippen molar-refractivity contribution < 1.29 is 18.4 Å². The molecule has 2 aromatic carbocycles. The normalized spacial score (nSPS) is 23.2. The number of amides is 2. The van der Waals surface area contributed by atoms with Crippen molar-refractivity contribution in [1.82, 2.24) is 10.1 Å². The number of piperidine rings is 1. The van der Waals surface area contributed by atoms with Gasteiger partial charge in [0.1, 0.15) is 17.3 Å². The molecule has 0 radical (unpaired) electrons. The molecule has 0 spiro atoms. The van der Waals surface area contributed by atoms with Crippen molar-refractivity contribution in [2.24, 2.45) is 0 Å². The highest BCUT2D eigenvalue weighted by atomic mass is 35.5. The number of hydrogen-bond acceptors (Lipinski definition) is 4. The second-order valence-electron chi connectivity index (χ2n) is 9.88. The number of carbonyl (C=O) groups is 1. The summed E-state index contributed by atoms with van der Waals surface area (Å²) < 4.78 is 25.7. The third-order valence-electron chi connectivity index (χ3n) is 7.43. The average molecular weight is 530 g/mol. The summed E-state index contributed by atoms with van der Waals surface area (Å²) in [5.41, 5.74) is 2.68. The van der Waals surface area contributed by atoms with Crippen LogP contribution in [-0.4, -0.2) is 34.3 Å². The number of ether oxygens (including phenoxy) is 1. The average Bonchev–Trinajstić information content (AvgIpc) is 3.55. The van der Waals surface area contributed by atoms with Gasteiger partial charge in [-0.3, -0.25) is 0 Å². The summed E-state index contributed by atoms with van der Waals surface area (Å²) in [6.07, 6.45) is 5.52. The first-order valence-electron chi connectivity index (χ1n) is 12.4. The van der Waals surface area contributed by atoms with Gasteiger partial charge in [0.25, 0.3) is 0 Å². The molecule has 9 heteroatoms. The Kier molecular flexibility index (Phi) is 6.40. The summed E-state index contributed by atoms with van der Waals surface area (Å²) in [7, 11) is 0. The first kappa shape index (κ1) is 23.8. The molecular formula is C27H26Cl2FN3O3. The van der Waals surface area contributed by atoms with Crippen LogP contribution in [0.1, 0.15) is 55.8 Å². The predicted molar refractivity (Wildman–Crippen MR) is 136 cm³/mol. The number of anilines is 1. The van der Waals surface area contributed by atoms with Gasteiger partial charge in [-0.25, -0.2) is 9.18 Å². The fourth-order valence-electron chi connectivity index (χ4n) is 5.60. The van der Waals surface area contributed by atoms with E-state index in [2.05, 4.69) is 10.5 Å². The fourth-order valence-corrected chi connectivity index (χ4v) is 6.17. The molecule has 3 fully saturated rings. The van der Waals surface area contributed by atoms with Crippen molar-refractivity contribution in [2.45, 2.75) is 69.2 Å². The zero-order valence-corrected chi connectivity index (χ0v) is 21.1. The number of rotatable bonds is 6. The third kappa shape index (κ3) is 4.60. The van der Waals surface area contributed by atoms with Gasteiger partial charge in [0, 0.05) is 34.8 Å². The monoisotopic (exact) mass is 529 g/mol. The molecule has 2 aliphatic heterocycles. The molecule has 1 saturated carbocycles. The molecule has 2 atom stereocenters. The van der Waals surface area contributed by atoms with E-state index in [-0.39, 0.29) is 30.0 Å². The van der Waals surface area contributed by atoms with Crippen molar-refractivity contribution >= 4 is 34.9 Å². The molecule has 2 saturated heterocycles. The van der Waals surface area contributed by atoms with Crippen molar-refractivity contribution in [3.05, 3.63) is 69.7 Å². The van der Waals surface area contributed by atoms with Crippen LogP contribution in [0.15, 0.2) is 47.0 Å². The molecule has 2 unspecified atom stereocenters. The summed E-state index contributed by atoms with van der Waals surface area (Å²) in [5, 5.41) is 8.24. The van der Waals surface area contributed by atoms with E-state index < -0.39 is 0 Å². The molecule has 36 heavy (non-hydrogen) atoms. The molecule has 1 aliphatic carbocycles. The lowest BCUT2D eigenvalue weighted by atomic mass is 9.99. The van der Waals surface area contributed by atoms with Crippen molar-refractivity contribution in [3.63, 3.8) is 0 Å². The first-order valence-corrected chi connectivity index (χ1v) is 13.1. The van der Waals surface area contributed by atoms with E-state index in [4.69, 9.17) is 32.5 Å². The molecule has 1 N–H and O–H groups in total. The highest BCUT2D eigenvalue weighted by Crippen LogP contribution is 2.46. The number of hydrogen-bond donors (Lipinski definition) is 1. The first-order chi connectivity index (χ1) is 17.5. The van der Waals surface area contributed by atoms with Crippen molar-refractivity contribution in [3.8, 4) is 11.3 Å². The van der Waals surface area contributed by atoms with E-state index >= 15 is 0 Å². The Morgan fingerprint density at radius 3 is 2.44 bits per heavy atom. The van der Waals surface area contributed by atoms with Gasteiger partial charge in [0.15, 0.2) is 0 Å². The standard InChI is InChI=1S/C27H26Cl2FN3O3/c28-22-5-2-6-23(29)24(22)25-21(26(36-32-25)15-7-8-15)14-35-20-12-18-9-10-19(13-20)33(18)27(34)31-17-4-1-3-16(30)11-17/h1-6,11,15,18-20H,7-10,12-14H2,(H,31,34). The Balaban J connectivity index is 1.16. The second kappa shape index (κ2) is 9.69. The molecule has 6 nitrogen and oxygen atoms in total. The van der Waals surface area contributed by atoms with Crippen LogP contribution in [0.5, 0.6) is 0 Å². The van der Waals surface area contributed by atoms with Crippen LogP contribution in [0.2, 0.25) is 10.0 Å². The summed E-state index contributed by atoms with van der Waals surface area (Å²) in [6.45, 7) is 0.353. The van der Waals surface area contributed by atoms with E-state index in [1.807, 2.05) is 4.90 Å². The number of urea groups is 1. The molecule has 188 valence electrons. The smallest absolute Gasteiger partial charge is 0.322 e. The van der Waals surface area contributed by atoms with Gasteiger partial charge in [0.2, 0.25) is 0 Å². The second-order valence-corrected chi connectivity index (χ2v) is 10.7. The lowest BCUT2D eigenvalue weighted by Crippen LogP contribution is -2.50. The number of nitrogens with zero attached hydrogens (tertiary/aromatic N) is 2. The van der Waals surface area contributed by atoms with Crippen LogP contribution >= 0.6 is 23.2 Å². The van der Waals surface area contributed by atoms with Gasteiger partial charge in [-0.15, -0.1) is 0 Å². The van der Waals surface area contributed by atoms with Gasteiger partial charge >= 0.3 is 6.03 Å². The molecule has 1 aromatic heterocycles. The maximum absolute atomic E-state index is 13.5. The Morgan fingerprint density at radius 2 is 1.78 bits per heavy atom. The minimum absolute atomic E-state index is 0.0113. The quantitative estimate of drug-likeness (QED) is 0.361. The number of halogens is 3. The van der Waals surface area contributed by atoms with Crippen LogP contribution in [0, 0.1) is 5.82 Å². The van der Waals surface area contributed by atoms with Crippen LogP contribution in [0.3, 0.4) is 0 Å². The number of aromatic nitrogens is 1. The van der Waals surface area contributed by atoms with Crippen LogP contribution < -0.4 is 5.32 Å². The minimum atomic E-state index is -0.375. The van der Waals surface area contributed by atoms with Gasteiger partial charge in [-0.1, -0.05) is 40.5 Å².